The summed E-state index contributed by atoms with van der Waals surface area (Å²) in [6.07, 6.45) is 2.35. The van der Waals surface area contributed by atoms with Gasteiger partial charge in [-0.05, 0) is 18.1 Å². The zero-order valence-electron chi connectivity index (χ0n) is 14.2. The van der Waals surface area contributed by atoms with Gasteiger partial charge < -0.3 is 20.9 Å². The van der Waals surface area contributed by atoms with Crippen molar-refractivity contribution < 1.29 is 9.59 Å². The van der Waals surface area contributed by atoms with Crippen LogP contribution in [0.15, 0.2) is 30.5 Å². The van der Waals surface area contributed by atoms with E-state index in [4.69, 9.17) is 5.73 Å². The first kappa shape index (κ1) is 20.0. The number of likely N-dealkylation sites (N-methyl/N-ethyl adjacent to an activating group) is 1. The third-order valence-electron chi connectivity index (χ3n) is 4.05. The van der Waals surface area contributed by atoms with E-state index >= 15 is 0 Å². The highest BCUT2D eigenvalue weighted by molar-refractivity contribution is 5.86. The maximum absolute atomic E-state index is 12.4. The van der Waals surface area contributed by atoms with E-state index in [0.29, 0.717) is 13.0 Å². The highest BCUT2D eigenvalue weighted by atomic mass is 35.5. The van der Waals surface area contributed by atoms with Crippen molar-refractivity contribution in [3.63, 3.8) is 0 Å². The molecular formula is C17H25ClN4O2. The second-order valence-corrected chi connectivity index (χ2v) is 5.90. The smallest absolute Gasteiger partial charge is 0.239 e. The number of halogens is 1. The summed E-state index contributed by atoms with van der Waals surface area (Å²) in [4.78, 5) is 28.7. The van der Waals surface area contributed by atoms with Gasteiger partial charge in [-0.15, -0.1) is 12.4 Å². The minimum atomic E-state index is -0.629. The van der Waals surface area contributed by atoms with Crippen molar-refractivity contribution in [2.75, 3.05) is 20.6 Å². The van der Waals surface area contributed by atoms with Crippen LogP contribution >= 0.6 is 12.4 Å². The first-order chi connectivity index (χ1) is 10.9. The normalized spacial score (nSPS) is 13.0. The Balaban J connectivity index is 0.00000288. The minimum absolute atomic E-state index is 0. The quantitative estimate of drug-likeness (QED) is 0.731. The second-order valence-electron chi connectivity index (χ2n) is 5.90. The molecule has 24 heavy (non-hydrogen) atoms. The van der Waals surface area contributed by atoms with Gasteiger partial charge >= 0.3 is 0 Å². The fraction of sp³-hybridized carbons (Fsp3) is 0.412. The van der Waals surface area contributed by atoms with Gasteiger partial charge in [0, 0.05) is 37.7 Å². The number of H-pyrrole nitrogens is 1. The van der Waals surface area contributed by atoms with Gasteiger partial charge in [-0.2, -0.15) is 0 Å². The van der Waals surface area contributed by atoms with E-state index in [2.05, 4.69) is 10.3 Å². The molecule has 0 fully saturated rings. The third kappa shape index (κ3) is 4.49. The fourth-order valence-corrected chi connectivity index (χ4v) is 2.74. The summed E-state index contributed by atoms with van der Waals surface area (Å²) in [5.41, 5.74) is 8.13. The van der Waals surface area contributed by atoms with Crippen molar-refractivity contribution in [2.45, 2.75) is 19.4 Å². The minimum Gasteiger partial charge on any atom is -0.361 e. The average molecular weight is 353 g/mol. The first-order valence-electron chi connectivity index (χ1n) is 7.71. The zero-order chi connectivity index (χ0) is 17.0. The summed E-state index contributed by atoms with van der Waals surface area (Å²) in [7, 11) is 3.26. The number of amides is 2. The number of carbonyl (C=O) groups excluding carboxylic acids is 2. The Hall–Kier alpha value is -2.05. The van der Waals surface area contributed by atoms with E-state index in [1.807, 2.05) is 30.5 Å². The topological polar surface area (TPSA) is 91.2 Å². The SMILES string of the molecule is CNC(=O)C(C)CN(C)C(=O)[C@@H](N)Cc1c[nH]c2ccccc12.Cl. The molecule has 7 heteroatoms. The number of nitrogens with one attached hydrogen (secondary N) is 2. The highest BCUT2D eigenvalue weighted by Gasteiger charge is 2.22. The highest BCUT2D eigenvalue weighted by Crippen LogP contribution is 2.19. The molecule has 0 aliphatic rings. The van der Waals surface area contributed by atoms with Crippen LogP contribution in [-0.2, 0) is 16.0 Å². The fourth-order valence-electron chi connectivity index (χ4n) is 2.74. The van der Waals surface area contributed by atoms with E-state index in [-0.39, 0.29) is 30.1 Å². The molecule has 1 unspecified atom stereocenters. The van der Waals surface area contributed by atoms with Crippen LogP contribution in [0.5, 0.6) is 0 Å². The molecule has 132 valence electrons. The van der Waals surface area contributed by atoms with Crippen molar-refractivity contribution in [1.29, 1.82) is 0 Å². The van der Waals surface area contributed by atoms with Crippen LogP contribution in [-0.4, -0.2) is 48.4 Å². The van der Waals surface area contributed by atoms with Gasteiger partial charge in [0.05, 0.1) is 12.0 Å². The van der Waals surface area contributed by atoms with Crippen molar-refractivity contribution in [2.24, 2.45) is 11.7 Å². The largest absolute Gasteiger partial charge is 0.361 e. The molecule has 4 N–H and O–H groups in total. The van der Waals surface area contributed by atoms with Crippen LogP contribution < -0.4 is 11.1 Å². The molecule has 1 heterocycles. The summed E-state index contributed by atoms with van der Waals surface area (Å²) < 4.78 is 0. The molecule has 0 saturated heterocycles. The monoisotopic (exact) mass is 352 g/mol. The number of aromatic nitrogens is 1. The van der Waals surface area contributed by atoms with E-state index in [9.17, 15) is 9.59 Å². The number of aromatic amines is 1. The van der Waals surface area contributed by atoms with Gasteiger partial charge in [-0.25, -0.2) is 0 Å². The van der Waals surface area contributed by atoms with Gasteiger partial charge in [-0.3, -0.25) is 9.59 Å². The predicted octanol–water partition coefficient (Wildman–Crippen LogP) is 1.30. The molecule has 2 atom stereocenters. The van der Waals surface area contributed by atoms with E-state index < -0.39 is 6.04 Å². The van der Waals surface area contributed by atoms with Crippen LogP contribution in [0.25, 0.3) is 10.9 Å². The van der Waals surface area contributed by atoms with Gasteiger partial charge in [0.15, 0.2) is 0 Å². The predicted molar refractivity (Wildman–Crippen MR) is 98.1 cm³/mol. The summed E-state index contributed by atoms with van der Waals surface area (Å²) in [6, 6.07) is 7.29. The van der Waals surface area contributed by atoms with Crippen molar-refractivity contribution in [1.82, 2.24) is 15.2 Å². The Bertz CT molecular complexity index is 701. The van der Waals surface area contributed by atoms with Crippen molar-refractivity contribution in [3.8, 4) is 0 Å². The number of hydrogen-bond donors (Lipinski definition) is 3. The van der Waals surface area contributed by atoms with Crippen molar-refractivity contribution >= 4 is 35.1 Å². The van der Waals surface area contributed by atoms with Gasteiger partial charge in [0.2, 0.25) is 11.8 Å². The molecule has 2 rings (SSSR count). The molecule has 0 bridgehead atoms. The number of benzene rings is 1. The molecule has 0 aliphatic carbocycles. The van der Waals surface area contributed by atoms with Gasteiger partial charge in [-0.1, -0.05) is 25.1 Å². The van der Waals surface area contributed by atoms with Crippen LogP contribution in [0.1, 0.15) is 12.5 Å². The van der Waals surface area contributed by atoms with Gasteiger partial charge in [0.1, 0.15) is 0 Å². The molecule has 1 aromatic heterocycles. The Labute approximate surface area is 148 Å². The summed E-state index contributed by atoms with van der Waals surface area (Å²) in [6.45, 7) is 2.13. The number of nitrogens with zero attached hydrogens (tertiary/aromatic N) is 1. The zero-order valence-corrected chi connectivity index (χ0v) is 15.0. The molecule has 2 amide bonds. The molecule has 1 aromatic carbocycles. The molecular weight excluding hydrogens is 328 g/mol. The van der Waals surface area contributed by atoms with Crippen LogP contribution in [0.3, 0.4) is 0 Å². The molecule has 0 aliphatic heterocycles. The van der Waals surface area contributed by atoms with Crippen LogP contribution in [0.4, 0.5) is 0 Å². The standard InChI is InChI=1S/C17H24N4O2.ClH/c1-11(16(22)19-2)10-21(3)17(23)14(18)8-12-9-20-15-7-5-4-6-13(12)15;/h4-7,9,11,14,20H,8,10,18H2,1-3H3,(H,19,22);1H/t11?,14-;/m0./s1. The average Bonchev–Trinajstić information content (AvgIpc) is 2.96. The summed E-state index contributed by atoms with van der Waals surface area (Å²) >= 11 is 0. The number of nitrogens with two attached hydrogens (primary N) is 1. The molecule has 0 radical (unpaired) electrons. The van der Waals surface area contributed by atoms with E-state index in [1.165, 1.54) is 4.90 Å². The number of fused-ring (bicyclic) bond motifs is 1. The second kappa shape index (κ2) is 8.70. The van der Waals surface area contributed by atoms with Crippen molar-refractivity contribution in [3.05, 3.63) is 36.0 Å². The maximum atomic E-state index is 12.4. The third-order valence-corrected chi connectivity index (χ3v) is 4.05. The Morgan fingerprint density at radius 1 is 1.33 bits per heavy atom. The lowest BCUT2D eigenvalue weighted by Crippen LogP contribution is -2.46. The first-order valence-corrected chi connectivity index (χ1v) is 7.71. The summed E-state index contributed by atoms with van der Waals surface area (Å²) in [5, 5.41) is 3.66. The lowest BCUT2D eigenvalue weighted by molar-refractivity contribution is -0.133. The Morgan fingerprint density at radius 3 is 2.67 bits per heavy atom. The molecule has 2 aromatic rings. The molecule has 6 nitrogen and oxygen atoms in total. The van der Waals surface area contributed by atoms with E-state index in [0.717, 1.165) is 16.5 Å². The lowest BCUT2D eigenvalue weighted by atomic mass is 10.0. The molecule has 0 spiro atoms. The summed E-state index contributed by atoms with van der Waals surface area (Å²) in [5.74, 6) is -0.518. The number of para-hydroxylation sites is 1. The van der Waals surface area contributed by atoms with Crippen LogP contribution in [0.2, 0.25) is 0 Å². The number of carbonyl (C=O) groups is 2. The van der Waals surface area contributed by atoms with Gasteiger partial charge in [0.25, 0.3) is 0 Å². The molecule has 0 saturated carbocycles. The number of rotatable bonds is 6. The lowest BCUT2D eigenvalue weighted by Gasteiger charge is -2.23. The maximum Gasteiger partial charge on any atom is 0.239 e. The van der Waals surface area contributed by atoms with E-state index in [1.54, 1.807) is 21.0 Å². The Kier molecular flexibility index (Phi) is 7.25. The van der Waals surface area contributed by atoms with Crippen LogP contribution in [0, 0.1) is 5.92 Å². The Morgan fingerprint density at radius 2 is 2.00 bits per heavy atom. The number of hydrogen-bond acceptors (Lipinski definition) is 3.